The highest BCUT2D eigenvalue weighted by Crippen LogP contribution is 2.28. The summed E-state index contributed by atoms with van der Waals surface area (Å²) >= 11 is 0. The van der Waals surface area contributed by atoms with Gasteiger partial charge in [0.15, 0.2) is 0 Å². The molecule has 0 aliphatic carbocycles. The van der Waals surface area contributed by atoms with Crippen molar-refractivity contribution in [2.75, 3.05) is 32.1 Å². The average Bonchev–Trinajstić information content (AvgIpc) is 2.69. The van der Waals surface area contributed by atoms with Crippen LogP contribution in [0.1, 0.15) is 12.0 Å². The van der Waals surface area contributed by atoms with Crippen LogP contribution in [0.2, 0.25) is 0 Å². The molecule has 0 aromatic carbocycles. The topological polar surface area (TPSA) is 65.6 Å². The molecule has 0 spiro atoms. The second-order valence-electron chi connectivity index (χ2n) is 5.17. The molecule has 1 fully saturated rings. The standard InChI is InChI=1S/C13H22N4O/c1-16(2)8-11-5-12(18)9-17(11)13-7-15-4-3-10(13)6-14/h3-4,7,11-12,18H,5-6,8-9,14H2,1-2H3. The monoisotopic (exact) mass is 250 g/mol. The van der Waals surface area contributed by atoms with Gasteiger partial charge >= 0.3 is 0 Å². The maximum absolute atomic E-state index is 9.90. The third-order valence-electron chi connectivity index (χ3n) is 3.39. The highest BCUT2D eigenvalue weighted by atomic mass is 16.3. The van der Waals surface area contributed by atoms with Crippen molar-refractivity contribution >= 4 is 5.69 Å². The van der Waals surface area contributed by atoms with Crippen molar-refractivity contribution in [2.24, 2.45) is 5.73 Å². The fourth-order valence-corrected chi connectivity index (χ4v) is 2.63. The molecule has 5 nitrogen and oxygen atoms in total. The van der Waals surface area contributed by atoms with Crippen LogP contribution in [0.4, 0.5) is 5.69 Å². The number of hydrogen-bond acceptors (Lipinski definition) is 5. The second kappa shape index (κ2) is 5.65. The summed E-state index contributed by atoms with van der Waals surface area (Å²) in [6.07, 6.45) is 4.15. The average molecular weight is 250 g/mol. The molecule has 2 unspecified atom stereocenters. The molecule has 100 valence electrons. The van der Waals surface area contributed by atoms with Crippen molar-refractivity contribution in [3.63, 3.8) is 0 Å². The Bertz CT molecular complexity index is 396. The van der Waals surface area contributed by atoms with Gasteiger partial charge in [0.25, 0.3) is 0 Å². The molecule has 18 heavy (non-hydrogen) atoms. The molecule has 1 aromatic heterocycles. The Morgan fingerprint density at radius 3 is 3.00 bits per heavy atom. The first-order valence-corrected chi connectivity index (χ1v) is 6.34. The van der Waals surface area contributed by atoms with Crippen LogP contribution in [0.25, 0.3) is 0 Å². The number of nitrogens with zero attached hydrogens (tertiary/aromatic N) is 3. The minimum Gasteiger partial charge on any atom is -0.391 e. The third-order valence-corrected chi connectivity index (χ3v) is 3.39. The molecule has 5 heteroatoms. The van der Waals surface area contributed by atoms with Gasteiger partial charge < -0.3 is 20.6 Å². The van der Waals surface area contributed by atoms with E-state index < -0.39 is 0 Å². The summed E-state index contributed by atoms with van der Waals surface area (Å²) in [5.74, 6) is 0. The number of aliphatic hydroxyl groups is 1. The summed E-state index contributed by atoms with van der Waals surface area (Å²) in [5, 5.41) is 9.90. The van der Waals surface area contributed by atoms with Crippen molar-refractivity contribution in [1.29, 1.82) is 0 Å². The van der Waals surface area contributed by atoms with E-state index in [2.05, 4.69) is 28.9 Å². The number of aliphatic hydroxyl groups excluding tert-OH is 1. The molecular weight excluding hydrogens is 228 g/mol. The van der Waals surface area contributed by atoms with E-state index in [1.807, 2.05) is 12.3 Å². The molecule has 3 N–H and O–H groups in total. The van der Waals surface area contributed by atoms with Crippen LogP contribution >= 0.6 is 0 Å². The first-order valence-electron chi connectivity index (χ1n) is 6.34. The zero-order valence-electron chi connectivity index (χ0n) is 11.1. The predicted molar refractivity (Wildman–Crippen MR) is 72.4 cm³/mol. The SMILES string of the molecule is CN(C)CC1CC(O)CN1c1cnccc1CN. The van der Waals surface area contributed by atoms with Gasteiger partial charge in [-0.2, -0.15) is 0 Å². The molecule has 0 bridgehead atoms. The Hall–Kier alpha value is -1.17. The molecule has 1 aromatic rings. The van der Waals surface area contributed by atoms with E-state index in [-0.39, 0.29) is 6.10 Å². The van der Waals surface area contributed by atoms with E-state index >= 15 is 0 Å². The first kappa shape index (κ1) is 13.3. The van der Waals surface area contributed by atoms with Crippen LogP contribution in [-0.4, -0.2) is 54.3 Å². The Balaban J connectivity index is 2.24. The maximum Gasteiger partial charge on any atom is 0.0735 e. The van der Waals surface area contributed by atoms with Gasteiger partial charge in [-0.3, -0.25) is 4.98 Å². The number of likely N-dealkylation sites (N-methyl/N-ethyl adjacent to an activating group) is 1. The van der Waals surface area contributed by atoms with Crippen LogP contribution in [0.15, 0.2) is 18.5 Å². The number of nitrogens with two attached hydrogens (primary N) is 1. The van der Waals surface area contributed by atoms with Gasteiger partial charge in [-0.05, 0) is 32.1 Å². The predicted octanol–water partition coefficient (Wildman–Crippen LogP) is 0.0415. The number of hydrogen-bond donors (Lipinski definition) is 2. The van der Waals surface area contributed by atoms with Crippen LogP contribution in [0.5, 0.6) is 0 Å². The fourth-order valence-electron chi connectivity index (χ4n) is 2.63. The highest BCUT2D eigenvalue weighted by molar-refractivity contribution is 5.53. The Kier molecular flexibility index (Phi) is 4.16. The molecule has 0 saturated carbocycles. The zero-order valence-corrected chi connectivity index (χ0v) is 11.1. The molecular formula is C13H22N4O. The van der Waals surface area contributed by atoms with Gasteiger partial charge in [0, 0.05) is 31.9 Å². The van der Waals surface area contributed by atoms with E-state index in [4.69, 9.17) is 5.73 Å². The lowest BCUT2D eigenvalue weighted by Gasteiger charge is -2.29. The quantitative estimate of drug-likeness (QED) is 0.790. The minimum atomic E-state index is -0.263. The van der Waals surface area contributed by atoms with Crippen molar-refractivity contribution in [1.82, 2.24) is 9.88 Å². The zero-order chi connectivity index (χ0) is 13.1. The van der Waals surface area contributed by atoms with Gasteiger partial charge in [-0.15, -0.1) is 0 Å². The number of aromatic nitrogens is 1. The van der Waals surface area contributed by atoms with Gasteiger partial charge in [0.05, 0.1) is 18.0 Å². The van der Waals surface area contributed by atoms with Gasteiger partial charge in [-0.1, -0.05) is 0 Å². The summed E-state index contributed by atoms with van der Waals surface area (Å²) in [4.78, 5) is 8.57. The molecule has 1 aliphatic rings. The minimum absolute atomic E-state index is 0.263. The van der Waals surface area contributed by atoms with Gasteiger partial charge in [0.1, 0.15) is 0 Å². The maximum atomic E-state index is 9.90. The van der Waals surface area contributed by atoms with Gasteiger partial charge in [-0.25, -0.2) is 0 Å². The van der Waals surface area contributed by atoms with E-state index in [0.29, 0.717) is 19.1 Å². The van der Waals surface area contributed by atoms with E-state index in [1.165, 1.54) is 0 Å². The Morgan fingerprint density at radius 2 is 2.33 bits per heavy atom. The first-order chi connectivity index (χ1) is 8.61. The van der Waals surface area contributed by atoms with E-state index in [1.54, 1.807) is 6.20 Å². The van der Waals surface area contributed by atoms with E-state index in [9.17, 15) is 5.11 Å². The molecule has 0 amide bonds. The Labute approximate surface area is 108 Å². The van der Waals surface area contributed by atoms with E-state index in [0.717, 1.165) is 24.2 Å². The largest absolute Gasteiger partial charge is 0.391 e. The van der Waals surface area contributed by atoms with Crippen molar-refractivity contribution in [3.05, 3.63) is 24.0 Å². The second-order valence-corrected chi connectivity index (χ2v) is 5.17. The van der Waals surface area contributed by atoms with Crippen molar-refractivity contribution in [3.8, 4) is 0 Å². The molecule has 2 rings (SSSR count). The Morgan fingerprint density at radius 1 is 1.56 bits per heavy atom. The van der Waals surface area contributed by atoms with Crippen LogP contribution < -0.4 is 10.6 Å². The lowest BCUT2D eigenvalue weighted by molar-refractivity contribution is 0.191. The summed E-state index contributed by atoms with van der Waals surface area (Å²) in [5.41, 5.74) is 7.92. The summed E-state index contributed by atoms with van der Waals surface area (Å²) in [6, 6.07) is 2.27. The smallest absolute Gasteiger partial charge is 0.0735 e. The lowest BCUT2D eigenvalue weighted by atomic mass is 10.1. The van der Waals surface area contributed by atoms with Crippen molar-refractivity contribution < 1.29 is 5.11 Å². The number of rotatable bonds is 4. The molecule has 0 radical (unpaired) electrons. The summed E-state index contributed by atoms with van der Waals surface area (Å²) < 4.78 is 0. The lowest BCUT2D eigenvalue weighted by Crippen LogP contribution is -2.38. The fraction of sp³-hybridized carbons (Fsp3) is 0.615. The third kappa shape index (κ3) is 2.80. The normalized spacial score (nSPS) is 23.9. The van der Waals surface area contributed by atoms with Gasteiger partial charge in [0.2, 0.25) is 0 Å². The molecule has 2 atom stereocenters. The number of β-amino-alcohol motifs (C(OH)–C–C–N with tert-alkyl or cyclic N) is 1. The number of pyridine rings is 1. The molecule has 1 aliphatic heterocycles. The van der Waals surface area contributed by atoms with Crippen LogP contribution in [0, 0.1) is 0 Å². The summed E-state index contributed by atoms with van der Waals surface area (Å²) in [7, 11) is 4.10. The number of anilines is 1. The molecule has 1 saturated heterocycles. The van der Waals surface area contributed by atoms with Crippen molar-refractivity contribution in [2.45, 2.75) is 25.1 Å². The summed E-state index contributed by atoms with van der Waals surface area (Å²) in [6.45, 7) is 2.09. The van der Waals surface area contributed by atoms with Crippen LogP contribution in [0.3, 0.4) is 0 Å². The highest BCUT2D eigenvalue weighted by Gasteiger charge is 2.32. The molecule has 2 heterocycles. The van der Waals surface area contributed by atoms with Crippen LogP contribution in [-0.2, 0) is 6.54 Å².